The highest BCUT2D eigenvalue weighted by Gasteiger charge is 2.20. The molecule has 0 spiro atoms. The van der Waals surface area contributed by atoms with Crippen LogP contribution in [0.15, 0.2) is 84.9 Å². The van der Waals surface area contributed by atoms with Gasteiger partial charge in [0.25, 0.3) is 0 Å². The molecule has 0 radical (unpaired) electrons. The van der Waals surface area contributed by atoms with Crippen LogP contribution < -0.4 is 9.47 Å². The van der Waals surface area contributed by atoms with Crippen LogP contribution in [-0.4, -0.2) is 18.4 Å². The van der Waals surface area contributed by atoms with Crippen molar-refractivity contribution in [3.63, 3.8) is 0 Å². The van der Waals surface area contributed by atoms with Gasteiger partial charge in [0.1, 0.15) is 17.3 Å². The van der Waals surface area contributed by atoms with Gasteiger partial charge < -0.3 is 9.47 Å². The molecule has 49 heavy (non-hydrogen) atoms. The number of carbonyl (C=O) groups excluding carboxylic acids is 2. The number of ketones is 1. The lowest BCUT2D eigenvalue weighted by Crippen LogP contribution is -2.14. The summed E-state index contributed by atoms with van der Waals surface area (Å²) in [6.07, 6.45) is 16.8. The number of benzene rings is 4. The molecule has 4 aromatic rings. The number of fused-ring (bicyclic) bond motifs is 1. The van der Waals surface area contributed by atoms with Gasteiger partial charge in [-0.05, 0) is 76.2 Å². The van der Waals surface area contributed by atoms with Crippen LogP contribution in [0.25, 0.3) is 21.9 Å². The molecule has 0 bridgehead atoms. The van der Waals surface area contributed by atoms with Crippen LogP contribution in [0, 0.1) is 5.92 Å². The smallest absolute Gasteiger partial charge is 0.343 e. The number of hydrogen-bond donors (Lipinski definition) is 0. The summed E-state index contributed by atoms with van der Waals surface area (Å²) in [6.45, 7) is 9.42. The molecule has 0 aromatic heterocycles. The predicted molar refractivity (Wildman–Crippen MR) is 205 cm³/mol. The van der Waals surface area contributed by atoms with Gasteiger partial charge in [-0.15, -0.1) is 0 Å². The summed E-state index contributed by atoms with van der Waals surface area (Å²) in [5, 5.41) is 2.00. The number of unbranched alkanes of at least 4 members (excludes halogenated alkanes) is 8. The number of Topliss-reactive ketones (excluding diaryl/α,β-unsaturated/α-hetero) is 1. The molecule has 0 unspecified atom stereocenters. The third-order valence-electron chi connectivity index (χ3n) is 9.74. The summed E-state index contributed by atoms with van der Waals surface area (Å²) in [6, 6.07) is 27.5. The molecule has 262 valence electrons. The molecule has 0 heterocycles. The molecular formula is C45H58O4. The summed E-state index contributed by atoms with van der Waals surface area (Å²) in [5.74, 6) is 1.65. The first kappa shape index (κ1) is 37.9. The Morgan fingerprint density at radius 2 is 1.14 bits per heavy atom. The number of ether oxygens (including phenoxy) is 2. The number of carbonyl (C=O) groups is 2. The molecule has 0 aliphatic rings. The van der Waals surface area contributed by atoms with Gasteiger partial charge in [-0.3, -0.25) is 4.79 Å². The van der Waals surface area contributed by atoms with Crippen molar-refractivity contribution in [2.45, 2.75) is 124 Å². The fourth-order valence-corrected chi connectivity index (χ4v) is 6.70. The minimum atomic E-state index is -0.393. The maximum absolute atomic E-state index is 13.1. The van der Waals surface area contributed by atoms with E-state index >= 15 is 0 Å². The van der Waals surface area contributed by atoms with Gasteiger partial charge in [-0.25, -0.2) is 4.79 Å². The molecule has 0 amide bonds. The standard InChI is InChI=1S/C45H58O4/c1-5-8-9-10-11-12-13-14-15-30-48-42-27-24-37(25-28-42)36-18-20-38(21-19-36)45(47)49-43-29-26-40-32-39(22-23-41(40)33-43)34(4)44(46)31-35(16-6-2)17-7-3/h18-29,32-35H,5-17,30-31H2,1-4H3/t34-/m0/s1. The first-order valence-corrected chi connectivity index (χ1v) is 19.0. The minimum absolute atomic E-state index is 0.137. The third kappa shape index (κ3) is 12.2. The molecule has 0 saturated carbocycles. The van der Waals surface area contributed by atoms with Gasteiger partial charge in [0, 0.05) is 12.3 Å². The van der Waals surface area contributed by atoms with Crippen molar-refractivity contribution in [3.05, 3.63) is 96.1 Å². The van der Waals surface area contributed by atoms with Crippen LogP contribution in [-0.2, 0) is 4.79 Å². The molecule has 0 aliphatic heterocycles. The highest BCUT2D eigenvalue weighted by molar-refractivity contribution is 5.93. The van der Waals surface area contributed by atoms with E-state index in [1.807, 2.05) is 73.7 Å². The summed E-state index contributed by atoms with van der Waals surface area (Å²) in [4.78, 5) is 26.1. The molecule has 0 fully saturated rings. The summed E-state index contributed by atoms with van der Waals surface area (Å²) >= 11 is 0. The van der Waals surface area contributed by atoms with Crippen molar-refractivity contribution in [1.29, 1.82) is 0 Å². The van der Waals surface area contributed by atoms with Crippen LogP contribution in [0.3, 0.4) is 0 Å². The summed E-state index contributed by atoms with van der Waals surface area (Å²) < 4.78 is 11.7. The second-order valence-electron chi connectivity index (χ2n) is 13.8. The Hall–Kier alpha value is -3.92. The second kappa shape index (κ2) is 20.6. The average Bonchev–Trinajstić information content (AvgIpc) is 3.12. The van der Waals surface area contributed by atoms with Crippen molar-refractivity contribution in [1.82, 2.24) is 0 Å². The van der Waals surface area contributed by atoms with Crippen LogP contribution in [0.1, 0.15) is 139 Å². The molecule has 0 N–H and O–H groups in total. The Morgan fingerprint density at radius 3 is 1.78 bits per heavy atom. The maximum atomic E-state index is 13.1. The van der Waals surface area contributed by atoms with Gasteiger partial charge in [0.05, 0.1) is 12.2 Å². The topological polar surface area (TPSA) is 52.6 Å². The van der Waals surface area contributed by atoms with Gasteiger partial charge in [0.2, 0.25) is 0 Å². The lowest BCUT2D eigenvalue weighted by molar-refractivity contribution is -0.121. The molecule has 4 heteroatoms. The zero-order chi connectivity index (χ0) is 34.8. The molecule has 0 aliphatic carbocycles. The fourth-order valence-electron chi connectivity index (χ4n) is 6.70. The van der Waals surface area contributed by atoms with Crippen LogP contribution >= 0.6 is 0 Å². The number of esters is 1. The SMILES string of the molecule is CCCCCCCCCCCOc1ccc(-c2ccc(C(=O)Oc3ccc4cc([C@H](C)C(=O)CC(CCC)CCC)ccc4c3)cc2)cc1. The summed E-state index contributed by atoms with van der Waals surface area (Å²) in [5.41, 5.74) is 3.63. The molecule has 4 aromatic carbocycles. The molecule has 1 atom stereocenters. The van der Waals surface area contributed by atoms with E-state index in [9.17, 15) is 9.59 Å². The fraction of sp³-hybridized carbons (Fsp3) is 0.467. The normalized spacial score (nSPS) is 11.9. The number of hydrogen-bond acceptors (Lipinski definition) is 4. The van der Waals surface area contributed by atoms with Gasteiger partial charge >= 0.3 is 5.97 Å². The predicted octanol–water partition coefficient (Wildman–Crippen LogP) is 12.9. The molecule has 4 nitrogen and oxygen atoms in total. The number of rotatable bonds is 22. The van der Waals surface area contributed by atoms with E-state index in [1.165, 1.54) is 51.4 Å². The lowest BCUT2D eigenvalue weighted by Gasteiger charge is -2.18. The van der Waals surface area contributed by atoms with E-state index in [4.69, 9.17) is 9.47 Å². The Labute approximate surface area is 295 Å². The monoisotopic (exact) mass is 662 g/mol. The van der Waals surface area contributed by atoms with E-state index < -0.39 is 5.97 Å². The zero-order valence-corrected chi connectivity index (χ0v) is 30.5. The first-order valence-electron chi connectivity index (χ1n) is 19.0. The Morgan fingerprint density at radius 1 is 0.592 bits per heavy atom. The minimum Gasteiger partial charge on any atom is -0.494 e. The van der Waals surface area contributed by atoms with Crippen LogP contribution in [0.2, 0.25) is 0 Å². The second-order valence-corrected chi connectivity index (χ2v) is 13.8. The highest BCUT2D eigenvalue weighted by Crippen LogP contribution is 2.29. The molecule has 0 saturated heterocycles. The van der Waals surface area contributed by atoms with Crippen molar-refractivity contribution in [2.75, 3.05) is 6.61 Å². The zero-order valence-electron chi connectivity index (χ0n) is 30.5. The Bertz CT molecular complexity index is 1560. The van der Waals surface area contributed by atoms with E-state index in [1.54, 1.807) is 0 Å². The third-order valence-corrected chi connectivity index (χ3v) is 9.74. The maximum Gasteiger partial charge on any atom is 0.343 e. The van der Waals surface area contributed by atoms with Gasteiger partial charge in [-0.2, -0.15) is 0 Å². The summed E-state index contributed by atoms with van der Waals surface area (Å²) in [7, 11) is 0. The highest BCUT2D eigenvalue weighted by atomic mass is 16.5. The first-order chi connectivity index (χ1) is 23.9. The van der Waals surface area contributed by atoms with Gasteiger partial charge in [-0.1, -0.05) is 153 Å². The van der Waals surface area contributed by atoms with Crippen molar-refractivity contribution >= 4 is 22.5 Å². The van der Waals surface area contributed by atoms with Crippen molar-refractivity contribution in [2.24, 2.45) is 5.92 Å². The Balaban J connectivity index is 1.25. The van der Waals surface area contributed by atoms with E-state index in [-0.39, 0.29) is 5.92 Å². The lowest BCUT2D eigenvalue weighted by atomic mass is 9.86. The van der Waals surface area contributed by atoms with E-state index in [0.717, 1.165) is 71.9 Å². The van der Waals surface area contributed by atoms with Crippen molar-refractivity contribution < 1.29 is 19.1 Å². The molecular weight excluding hydrogens is 604 g/mol. The van der Waals surface area contributed by atoms with Crippen molar-refractivity contribution in [3.8, 4) is 22.6 Å². The van der Waals surface area contributed by atoms with E-state index in [0.29, 0.717) is 29.4 Å². The largest absolute Gasteiger partial charge is 0.494 e. The quantitative estimate of drug-likeness (QED) is 0.0477. The van der Waals surface area contributed by atoms with Crippen LogP contribution in [0.5, 0.6) is 11.5 Å². The van der Waals surface area contributed by atoms with Gasteiger partial charge in [0.15, 0.2) is 0 Å². The average molecular weight is 663 g/mol. The molecule has 4 rings (SSSR count). The Kier molecular flexibility index (Phi) is 15.9. The van der Waals surface area contributed by atoms with Crippen LogP contribution in [0.4, 0.5) is 0 Å². The van der Waals surface area contributed by atoms with E-state index in [2.05, 4.69) is 39.0 Å².